The Hall–Kier alpha value is -2.01. The maximum Gasteiger partial charge on any atom is 0.165 e. The zero-order valence-electron chi connectivity index (χ0n) is 10.9. The van der Waals surface area contributed by atoms with E-state index >= 15 is 0 Å². The summed E-state index contributed by atoms with van der Waals surface area (Å²) in [5.74, 6) is -1.75. The number of halogens is 3. The van der Waals surface area contributed by atoms with Crippen LogP contribution in [0.3, 0.4) is 0 Å². The van der Waals surface area contributed by atoms with Gasteiger partial charge < -0.3 is 10.5 Å². The number of hydrogen-bond donors (Lipinski definition) is 1. The molecule has 0 heterocycles. The minimum Gasteiger partial charge on any atom is -0.494 e. The molecule has 106 valence electrons. The van der Waals surface area contributed by atoms with Crippen molar-refractivity contribution in [1.29, 1.82) is 0 Å². The van der Waals surface area contributed by atoms with Crippen molar-refractivity contribution >= 4 is 0 Å². The standard InChI is InChI=1S/C15H14F3NO/c1-20-15-7-9(5-6-13(15)18)14(19)8-10-11(16)3-2-4-12(10)17/h2-7,14H,8,19H2,1H3. The second-order valence-electron chi connectivity index (χ2n) is 4.40. The lowest BCUT2D eigenvalue weighted by Gasteiger charge is -2.14. The molecule has 0 saturated heterocycles. The van der Waals surface area contributed by atoms with Crippen molar-refractivity contribution in [3.8, 4) is 5.75 Å². The monoisotopic (exact) mass is 281 g/mol. The van der Waals surface area contributed by atoms with Gasteiger partial charge in [-0.2, -0.15) is 0 Å². The first kappa shape index (κ1) is 14.4. The number of nitrogens with two attached hydrogens (primary N) is 1. The molecule has 0 bridgehead atoms. The van der Waals surface area contributed by atoms with Crippen molar-refractivity contribution in [2.24, 2.45) is 5.73 Å². The van der Waals surface area contributed by atoms with Gasteiger partial charge in [-0.25, -0.2) is 13.2 Å². The van der Waals surface area contributed by atoms with E-state index in [9.17, 15) is 13.2 Å². The number of methoxy groups -OCH3 is 1. The van der Waals surface area contributed by atoms with Gasteiger partial charge in [0, 0.05) is 11.6 Å². The third-order valence-corrected chi connectivity index (χ3v) is 3.09. The summed E-state index contributed by atoms with van der Waals surface area (Å²) in [6.07, 6.45) is -0.0205. The minimum atomic E-state index is -0.657. The van der Waals surface area contributed by atoms with Gasteiger partial charge in [-0.1, -0.05) is 12.1 Å². The molecule has 0 aromatic heterocycles. The fraction of sp³-hybridized carbons (Fsp3) is 0.200. The summed E-state index contributed by atoms with van der Waals surface area (Å²) in [7, 11) is 1.34. The summed E-state index contributed by atoms with van der Waals surface area (Å²) in [5.41, 5.74) is 6.39. The fourth-order valence-electron chi connectivity index (χ4n) is 1.97. The van der Waals surface area contributed by atoms with Gasteiger partial charge in [0.25, 0.3) is 0 Å². The van der Waals surface area contributed by atoms with Crippen LogP contribution in [0, 0.1) is 17.5 Å². The van der Waals surface area contributed by atoms with Crippen LogP contribution in [0.2, 0.25) is 0 Å². The van der Waals surface area contributed by atoms with E-state index in [1.54, 1.807) is 0 Å². The van der Waals surface area contributed by atoms with Gasteiger partial charge in [-0.05, 0) is 36.2 Å². The van der Waals surface area contributed by atoms with Gasteiger partial charge in [-0.15, -0.1) is 0 Å². The second kappa shape index (κ2) is 5.96. The summed E-state index contributed by atoms with van der Waals surface area (Å²) in [4.78, 5) is 0. The van der Waals surface area contributed by atoms with Gasteiger partial charge in [0.15, 0.2) is 11.6 Å². The van der Waals surface area contributed by atoms with Crippen LogP contribution in [0.5, 0.6) is 5.75 Å². The number of rotatable bonds is 4. The van der Waals surface area contributed by atoms with E-state index in [1.165, 1.54) is 43.5 Å². The Morgan fingerprint density at radius 2 is 1.70 bits per heavy atom. The van der Waals surface area contributed by atoms with Crippen molar-refractivity contribution in [3.63, 3.8) is 0 Å². The Kier molecular flexibility index (Phi) is 4.29. The van der Waals surface area contributed by atoms with Crippen LogP contribution < -0.4 is 10.5 Å². The third kappa shape index (κ3) is 2.93. The molecule has 0 fully saturated rings. The highest BCUT2D eigenvalue weighted by molar-refractivity contribution is 5.33. The summed E-state index contributed by atoms with van der Waals surface area (Å²) < 4.78 is 45.3. The Balaban J connectivity index is 2.26. The van der Waals surface area contributed by atoms with Crippen molar-refractivity contribution in [1.82, 2.24) is 0 Å². The molecule has 20 heavy (non-hydrogen) atoms. The number of benzene rings is 2. The highest BCUT2D eigenvalue weighted by Crippen LogP contribution is 2.25. The molecule has 2 rings (SSSR count). The van der Waals surface area contributed by atoms with Crippen LogP contribution in [0.25, 0.3) is 0 Å². The van der Waals surface area contributed by atoms with Gasteiger partial charge in [-0.3, -0.25) is 0 Å². The van der Waals surface area contributed by atoms with Crippen molar-refractivity contribution < 1.29 is 17.9 Å². The van der Waals surface area contributed by atoms with Crippen molar-refractivity contribution in [2.75, 3.05) is 7.11 Å². The summed E-state index contributed by atoms with van der Waals surface area (Å²) in [5, 5.41) is 0. The second-order valence-corrected chi connectivity index (χ2v) is 4.40. The molecular formula is C15H14F3NO. The smallest absolute Gasteiger partial charge is 0.165 e. The highest BCUT2D eigenvalue weighted by Gasteiger charge is 2.15. The SMILES string of the molecule is COc1cc(C(N)Cc2c(F)cccc2F)ccc1F. The molecule has 0 aliphatic rings. The molecule has 0 amide bonds. The van der Waals surface area contributed by atoms with E-state index in [4.69, 9.17) is 10.5 Å². The zero-order chi connectivity index (χ0) is 14.7. The average molecular weight is 281 g/mol. The quantitative estimate of drug-likeness (QED) is 0.932. The van der Waals surface area contributed by atoms with E-state index in [-0.39, 0.29) is 17.7 Å². The molecular weight excluding hydrogens is 267 g/mol. The minimum absolute atomic E-state index is 0.0205. The van der Waals surface area contributed by atoms with Gasteiger partial charge in [0.2, 0.25) is 0 Å². The molecule has 2 aromatic carbocycles. The predicted molar refractivity (Wildman–Crippen MR) is 69.9 cm³/mol. The van der Waals surface area contributed by atoms with E-state index in [0.29, 0.717) is 5.56 Å². The topological polar surface area (TPSA) is 35.2 Å². The summed E-state index contributed by atoms with van der Waals surface area (Å²) >= 11 is 0. The third-order valence-electron chi connectivity index (χ3n) is 3.09. The van der Waals surface area contributed by atoms with Crippen LogP contribution >= 0.6 is 0 Å². The summed E-state index contributed by atoms with van der Waals surface area (Å²) in [6.45, 7) is 0. The molecule has 2 N–H and O–H groups in total. The van der Waals surface area contributed by atoms with Crippen LogP contribution in [0.15, 0.2) is 36.4 Å². The predicted octanol–water partition coefficient (Wildman–Crippen LogP) is 3.36. The largest absolute Gasteiger partial charge is 0.494 e. The lowest BCUT2D eigenvalue weighted by Crippen LogP contribution is -2.15. The Labute approximate surface area is 115 Å². The zero-order valence-corrected chi connectivity index (χ0v) is 10.9. The lowest BCUT2D eigenvalue weighted by molar-refractivity contribution is 0.385. The maximum atomic E-state index is 13.6. The molecule has 0 saturated carbocycles. The van der Waals surface area contributed by atoms with Gasteiger partial charge in [0.1, 0.15) is 11.6 Å². The first-order chi connectivity index (χ1) is 9.52. The fourth-order valence-corrected chi connectivity index (χ4v) is 1.97. The van der Waals surface area contributed by atoms with Crippen LogP contribution in [0.1, 0.15) is 17.2 Å². The van der Waals surface area contributed by atoms with E-state index in [2.05, 4.69) is 0 Å². The number of hydrogen-bond acceptors (Lipinski definition) is 2. The summed E-state index contributed by atoms with van der Waals surface area (Å²) in [6, 6.07) is 7.11. The first-order valence-corrected chi connectivity index (χ1v) is 6.05. The molecule has 1 unspecified atom stereocenters. The number of ether oxygens (including phenoxy) is 1. The Morgan fingerprint density at radius 1 is 1.05 bits per heavy atom. The molecule has 0 spiro atoms. The Bertz CT molecular complexity index is 596. The normalized spacial score (nSPS) is 12.2. The van der Waals surface area contributed by atoms with Crippen LogP contribution in [0.4, 0.5) is 13.2 Å². The van der Waals surface area contributed by atoms with Crippen molar-refractivity contribution in [2.45, 2.75) is 12.5 Å². The van der Waals surface area contributed by atoms with Crippen molar-refractivity contribution in [3.05, 3.63) is 65.0 Å². The van der Waals surface area contributed by atoms with Crippen LogP contribution in [-0.2, 0) is 6.42 Å². The van der Waals surface area contributed by atoms with E-state index < -0.39 is 23.5 Å². The van der Waals surface area contributed by atoms with E-state index in [1.807, 2.05) is 0 Å². The van der Waals surface area contributed by atoms with Gasteiger partial charge in [0.05, 0.1) is 7.11 Å². The average Bonchev–Trinajstić information content (AvgIpc) is 2.43. The molecule has 5 heteroatoms. The molecule has 0 aliphatic carbocycles. The Morgan fingerprint density at radius 3 is 2.30 bits per heavy atom. The van der Waals surface area contributed by atoms with E-state index in [0.717, 1.165) is 0 Å². The molecule has 2 nitrogen and oxygen atoms in total. The molecule has 0 radical (unpaired) electrons. The molecule has 1 atom stereocenters. The first-order valence-electron chi connectivity index (χ1n) is 6.05. The van der Waals surface area contributed by atoms with Gasteiger partial charge >= 0.3 is 0 Å². The van der Waals surface area contributed by atoms with Crippen LogP contribution in [-0.4, -0.2) is 7.11 Å². The lowest BCUT2D eigenvalue weighted by atomic mass is 9.98. The maximum absolute atomic E-state index is 13.6. The molecule has 2 aromatic rings. The highest BCUT2D eigenvalue weighted by atomic mass is 19.1. The molecule has 0 aliphatic heterocycles.